The smallest absolute Gasteiger partial charge is 0.322 e. The first-order valence-corrected chi connectivity index (χ1v) is 9.20. The quantitative estimate of drug-likeness (QED) is 0.898. The van der Waals surface area contributed by atoms with Gasteiger partial charge in [0.25, 0.3) is 0 Å². The molecule has 0 bridgehead atoms. The van der Waals surface area contributed by atoms with Crippen LogP contribution in [0.25, 0.3) is 0 Å². The Kier molecular flexibility index (Phi) is 4.45. The fourth-order valence-corrected chi connectivity index (χ4v) is 3.90. The lowest BCUT2D eigenvalue weighted by Gasteiger charge is -2.30. The van der Waals surface area contributed by atoms with Crippen LogP contribution in [-0.4, -0.2) is 38.2 Å². The molecule has 0 saturated carbocycles. The van der Waals surface area contributed by atoms with E-state index < -0.39 is 0 Å². The van der Waals surface area contributed by atoms with Gasteiger partial charge in [0.05, 0.1) is 7.11 Å². The Morgan fingerprint density at radius 2 is 1.92 bits per heavy atom. The molecule has 5 heteroatoms. The van der Waals surface area contributed by atoms with Crippen LogP contribution in [0.15, 0.2) is 36.4 Å². The van der Waals surface area contributed by atoms with E-state index in [1.165, 1.54) is 16.8 Å². The number of anilines is 2. The number of hydrogen-bond donors (Lipinski definition) is 1. The second-order valence-electron chi connectivity index (χ2n) is 7.10. The van der Waals surface area contributed by atoms with Gasteiger partial charge in [-0.05, 0) is 66.3 Å². The van der Waals surface area contributed by atoms with E-state index in [2.05, 4.69) is 35.5 Å². The third-order valence-electron chi connectivity index (χ3n) is 5.39. The summed E-state index contributed by atoms with van der Waals surface area (Å²) in [5.74, 6) is 0.838. The first kappa shape index (κ1) is 16.8. The summed E-state index contributed by atoms with van der Waals surface area (Å²) >= 11 is 0. The van der Waals surface area contributed by atoms with Gasteiger partial charge in [0.1, 0.15) is 5.75 Å². The molecule has 26 heavy (non-hydrogen) atoms. The van der Waals surface area contributed by atoms with Crippen molar-refractivity contribution in [2.24, 2.45) is 0 Å². The van der Waals surface area contributed by atoms with Crippen molar-refractivity contribution in [3.8, 4) is 5.75 Å². The highest BCUT2D eigenvalue weighted by atomic mass is 16.5. The topological polar surface area (TPSA) is 44.8 Å². The van der Waals surface area contributed by atoms with Crippen LogP contribution in [0.3, 0.4) is 0 Å². The zero-order valence-electron chi connectivity index (χ0n) is 15.4. The lowest BCUT2D eigenvalue weighted by atomic mass is 9.99. The Balaban J connectivity index is 1.47. The Morgan fingerprint density at radius 1 is 1.04 bits per heavy atom. The standard InChI is InChI=1S/C21H25N3O2/c1-23-10-3-4-16-12-18(6-8-20(16)23)22-21(25)24-11-9-15-5-7-19(26-2)13-17(15)14-24/h5-8,12-13H,3-4,9-11,14H2,1-2H3,(H,22,25). The highest BCUT2D eigenvalue weighted by Gasteiger charge is 2.22. The van der Waals surface area contributed by atoms with Crippen molar-refractivity contribution in [3.63, 3.8) is 0 Å². The molecule has 0 fully saturated rings. The van der Waals surface area contributed by atoms with Crippen molar-refractivity contribution in [3.05, 3.63) is 53.1 Å². The van der Waals surface area contributed by atoms with E-state index in [9.17, 15) is 4.79 Å². The Hall–Kier alpha value is -2.69. The molecule has 0 radical (unpaired) electrons. The second kappa shape index (κ2) is 6.90. The van der Waals surface area contributed by atoms with Gasteiger partial charge in [-0.25, -0.2) is 4.79 Å². The summed E-state index contributed by atoms with van der Waals surface area (Å²) in [5.41, 5.74) is 5.92. The number of hydrogen-bond acceptors (Lipinski definition) is 3. The molecule has 0 aromatic heterocycles. The van der Waals surface area contributed by atoms with Gasteiger partial charge in [0.2, 0.25) is 0 Å². The van der Waals surface area contributed by atoms with Crippen LogP contribution < -0.4 is 15.0 Å². The van der Waals surface area contributed by atoms with E-state index in [0.29, 0.717) is 6.54 Å². The molecule has 2 aliphatic rings. The summed E-state index contributed by atoms with van der Waals surface area (Å²) in [4.78, 5) is 16.9. The summed E-state index contributed by atoms with van der Waals surface area (Å²) < 4.78 is 5.31. The average Bonchev–Trinajstić information content (AvgIpc) is 2.67. The van der Waals surface area contributed by atoms with Gasteiger partial charge in [0, 0.05) is 38.1 Å². The summed E-state index contributed by atoms with van der Waals surface area (Å²) in [6.45, 7) is 2.44. The minimum atomic E-state index is -0.0393. The van der Waals surface area contributed by atoms with Crippen molar-refractivity contribution in [2.45, 2.75) is 25.8 Å². The molecule has 1 N–H and O–H groups in total. The van der Waals surface area contributed by atoms with E-state index in [0.717, 1.165) is 49.4 Å². The summed E-state index contributed by atoms with van der Waals surface area (Å²) in [5, 5.41) is 3.07. The van der Waals surface area contributed by atoms with E-state index >= 15 is 0 Å². The first-order valence-electron chi connectivity index (χ1n) is 9.20. The Morgan fingerprint density at radius 3 is 2.77 bits per heavy atom. The number of carbonyl (C=O) groups excluding carboxylic acids is 1. The molecule has 0 aliphatic carbocycles. The minimum Gasteiger partial charge on any atom is -0.497 e. The fourth-order valence-electron chi connectivity index (χ4n) is 3.90. The van der Waals surface area contributed by atoms with E-state index in [4.69, 9.17) is 4.74 Å². The summed E-state index contributed by atoms with van der Waals surface area (Å²) in [6.07, 6.45) is 3.10. The third kappa shape index (κ3) is 3.21. The van der Waals surface area contributed by atoms with Gasteiger partial charge >= 0.3 is 6.03 Å². The predicted molar refractivity (Wildman–Crippen MR) is 104 cm³/mol. The predicted octanol–water partition coefficient (Wildman–Crippen LogP) is 3.67. The first-order chi connectivity index (χ1) is 12.6. The highest BCUT2D eigenvalue weighted by molar-refractivity contribution is 5.90. The molecule has 5 nitrogen and oxygen atoms in total. The fraction of sp³-hybridized carbons (Fsp3) is 0.381. The maximum Gasteiger partial charge on any atom is 0.322 e. The van der Waals surface area contributed by atoms with Crippen LogP contribution in [0.2, 0.25) is 0 Å². The van der Waals surface area contributed by atoms with Crippen LogP contribution in [0, 0.1) is 0 Å². The van der Waals surface area contributed by atoms with E-state index in [1.807, 2.05) is 23.1 Å². The van der Waals surface area contributed by atoms with Gasteiger partial charge in [-0.15, -0.1) is 0 Å². The zero-order chi connectivity index (χ0) is 18.1. The van der Waals surface area contributed by atoms with Gasteiger partial charge < -0.3 is 19.9 Å². The molecule has 0 atom stereocenters. The number of nitrogens with one attached hydrogen (secondary N) is 1. The summed E-state index contributed by atoms with van der Waals surface area (Å²) in [7, 11) is 3.79. The van der Waals surface area contributed by atoms with Crippen molar-refractivity contribution < 1.29 is 9.53 Å². The number of aryl methyl sites for hydroxylation is 1. The molecule has 0 saturated heterocycles. The van der Waals surface area contributed by atoms with Crippen molar-refractivity contribution in [2.75, 3.05) is 37.5 Å². The van der Waals surface area contributed by atoms with Gasteiger partial charge in [-0.3, -0.25) is 0 Å². The van der Waals surface area contributed by atoms with Crippen molar-refractivity contribution >= 4 is 17.4 Å². The van der Waals surface area contributed by atoms with Crippen LogP contribution in [0.1, 0.15) is 23.1 Å². The maximum atomic E-state index is 12.7. The monoisotopic (exact) mass is 351 g/mol. The minimum absolute atomic E-state index is 0.0393. The van der Waals surface area contributed by atoms with Gasteiger partial charge in [0.15, 0.2) is 0 Å². The van der Waals surface area contributed by atoms with Gasteiger partial charge in [-0.2, -0.15) is 0 Å². The number of nitrogens with zero attached hydrogens (tertiary/aromatic N) is 2. The zero-order valence-corrected chi connectivity index (χ0v) is 15.4. The molecule has 0 unspecified atom stereocenters. The second-order valence-corrected chi connectivity index (χ2v) is 7.10. The lowest BCUT2D eigenvalue weighted by Crippen LogP contribution is -2.38. The molecular formula is C21H25N3O2. The van der Waals surface area contributed by atoms with E-state index in [-0.39, 0.29) is 6.03 Å². The summed E-state index contributed by atoms with van der Waals surface area (Å²) in [6, 6.07) is 12.3. The lowest BCUT2D eigenvalue weighted by molar-refractivity contribution is 0.206. The van der Waals surface area contributed by atoms with Gasteiger partial charge in [-0.1, -0.05) is 6.07 Å². The number of amides is 2. The molecule has 4 rings (SSSR count). The number of rotatable bonds is 2. The molecule has 2 amide bonds. The normalized spacial score (nSPS) is 15.9. The van der Waals surface area contributed by atoms with Crippen LogP contribution in [0.4, 0.5) is 16.2 Å². The molecule has 0 spiro atoms. The number of urea groups is 1. The molecule has 136 valence electrons. The molecular weight excluding hydrogens is 326 g/mol. The molecule has 2 heterocycles. The number of benzene rings is 2. The maximum absolute atomic E-state index is 12.7. The number of ether oxygens (including phenoxy) is 1. The van der Waals surface area contributed by atoms with Crippen molar-refractivity contribution in [1.82, 2.24) is 4.90 Å². The average molecular weight is 351 g/mol. The molecule has 2 aromatic carbocycles. The van der Waals surface area contributed by atoms with Crippen molar-refractivity contribution in [1.29, 1.82) is 0 Å². The van der Waals surface area contributed by atoms with E-state index in [1.54, 1.807) is 7.11 Å². The van der Waals surface area contributed by atoms with Crippen LogP contribution in [-0.2, 0) is 19.4 Å². The molecule has 2 aliphatic heterocycles. The SMILES string of the molecule is COc1ccc2c(c1)CN(C(=O)Nc1ccc3c(c1)CCCN3C)CC2. The third-order valence-corrected chi connectivity index (χ3v) is 5.39. The van der Waals surface area contributed by atoms with Crippen LogP contribution >= 0.6 is 0 Å². The Labute approximate surface area is 154 Å². The number of methoxy groups -OCH3 is 1. The number of carbonyl (C=O) groups is 1. The highest BCUT2D eigenvalue weighted by Crippen LogP contribution is 2.29. The Bertz CT molecular complexity index is 834. The number of fused-ring (bicyclic) bond motifs is 2. The largest absolute Gasteiger partial charge is 0.497 e. The molecule has 2 aromatic rings. The van der Waals surface area contributed by atoms with Crippen LogP contribution in [0.5, 0.6) is 5.75 Å².